The lowest BCUT2D eigenvalue weighted by molar-refractivity contribution is -0.121. The molecule has 0 aliphatic carbocycles. The summed E-state index contributed by atoms with van der Waals surface area (Å²) in [5, 5.41) is 3.08. The van der Waals surface area contributed by atoms with Crippen molar-refractivity contribution in [2.75, 3.05) is 38.6 Å². The second kappa shape index (κ2) is 10.5. The molecular weight excluding hydrogens is 428 g/mol. The number of aliphatic imine (C=N–C) groups is 1. The molecule has 3 aliphatic heterocycles. The van der Waals surface area contributed by atoms with Crippen LogP contribution in [0.5, 0.6) is 0 Å². The maximum atomic E-state index is 12.8. The minimum atomic E-state index is -0.491. The summed E-state index contributed by atoms with van der Waals surface area (Å²) in [6.07, 6.45) is 5.56. The minimum Gasteiger partial charge on any atom is -0.376 e. The number of ether oxygens (including phenoxy) is 1. The monoisotopic (exact) mass is 458 g/mol. The van der Waals surface area contributed by atoms with Crippen LogP contribution < -0.4 is 5.32 Å². The lowest BCUT2D eigenvalue weighted by Gasteiger charge is -2.27. The van der Waals surface area contributed by atoms with Crippen LogP contribution in [0, 0.1) is 0 Å². The van der Waals surface area contributed by atoms with Crippen molar-refractivity contribution in [3.63, 3.8) is 0 Å². The highest BCUT2D eigenvalue weighted by molar-refractivity contribution is 8.15. The van der Waals surface area contributed by atoms with Gasteiger partial charge in [-0.15, -0.1) is 0 Å². The number of hydrogen-bond donors (Lipinski definition) is 1. The molecule has 8 nitrogen and oxygen atoms in total. The first-order chi connectivity index (χ1) is 15.5. The first-order valence-electron chi connectivity index (χ1n) is 11.3. The summed E-state index contributed by atoms with van der Waals surface area (Å²) in [7, 11) is 1.76. The fourth-order valence-electron chi connectivity index (χ4n) is 4.24. The maximum Gasteiger partial charge on any atom is 0.262 e. The van der Waals surface area contributed by atoms with E-state index in [1.54, 1.807) is 36.2 Å². The average molecular weight is 459 g/mol. The third kappa shape index (κ3) is 5.69. The van der Waals surface area contributed by atoms with Crippen molar-refractivity contribution in [1.82, 2.24) is 9.80 Å². The van der Waals surface area contributed by atoms with Crippen molar-refractivity contribution < 1.29 is 19.1 Å². The molecule has 3 aliphatic rings. The van der Waals surface area contributed by atoms with E-state index in [1.165, 1.54) is 18.2 Å². The molecule has 9 heteroatoms. The fourth-order valence-corrected chi connectivity index (χ4v) is 5.35. The average Bonchev–Trinajstić information content (AvgIpc) is 3.44. The molecule has 0 bridgehead atoms. The fraction of sp³-hybridized carbons (Fsp3) is 0.565. The third-order valence-electron chi connectivity index (χ3n) is 5.97. The Morgan fingerprint density at radius 1 is 1.25 bits per heavy atom. The van der Waals surface area contributed by atoms with Gasteiger partial charge < -0.3 is 19.9 Å². The van der Waals surface area contributed by atoms with Crippen LogP contribution in [0.1, 0.15) is 48.9 Å². The van der Waals surface area contributed by atoms with Crippen LogP contribution in [-0.2, 0) is 14.3 Å². The summed E-state index contributed by atoms with van der Waals surface area (Å²) >= 11 is 1.38. The Morgan fingerprint density at radius 3 is 2.81 bits per heavy atom. The highest BCUT2D eigenvalue weighted by Gasteiger charge is 2.33. The van der Waals surface area contributed by atoms with Crippen molar-refractivity contribution in [2.45, 2.75) is 49.9 Å². The van der Waals surface area contributed by atoms with Gasteiger partial charge >= 0.3 is 0 Å². The molecule has 1 N–H and O–H groups in total. The molecule has 3 heterocycles. The van der Waals surface area contributed by atoms with Gasteiger partial charge in [-0.05, 0) is 50.3 Å². The van der Waals surface area contributed by atoms with Crippen LogP contribution >= 0.6 is 11.8 Å². The van der Waals surface area contributed by atoms with E-state index in [0.29, 0.717) is 17.8 Å². The molecule has 0 aromatic heterocycles. The number of carbonyl (C=O) groups excluding carboxylic acids is 3. The van der Waals surface area contributed by atoms with E-state index in [4.69, 9.17) is 4.74 Å². The van der Waals surface area contributed by atoms with E-state index in [9.17, 15) is 14.4 Å². The Bertz CT molecular complexity index is 894. The van der Waals surface area contributed by atoms with Crippen LogP contribution in [-0.4, -0.2) is 77.3 Å². The number of amides is 3. The molecule has 32 heavy (non-hydrogen) atoms. The number of thioether (sulfide) groups is 1. The first kappa shape index (κ1) is 22.8. The second-order valence-corrected chi connectivity index (χ2v) is 9.71. The zero-order valence-electron chi connectivity index (χ0n) is 18.4. The Balaban J connectivity index is 1.30. The van der Waals surface area contributed by atoms with Gasteiger partial charge in [0.2, 0.25) is 5.91 Å². The number of benzene rings is 1. The molecule has 1 aromatic rings. The van der Waals surface area contributed by atoms with E-state index in [2.05, 4.69) is 15.2 Å². The van der Waals surface area contributed by atoms with Crippen molar-refractivity contribution >= 4 is 40.3 Å². The molecule has 1 aromatic carbocycles. The van der Waals surface area contributed by atoms with E-state index in [0.717, 1.165) is 50.5 Å². The highest BCUT2D eigenvalue weighted by atomic mass is 32.2. The molecule has 0 radical (unpaired) electrons. The van der Waals surface area contributed by atoms with Gasteiger partial charge in [0.1, 0.15) is 5.25 Å². The molecule has 3 amide bonds. The van der Waals surface area contributed by atoms with Crippen molar-refractivity contribution in [3.05, 3.63) is 29.8 Å². The van der Waals surface area contributed by atoms with Crippen molar-refractivity contribution in [2.24, 2.45) is 4.99 Å². The van der Waals surface area contributed by atoms with Crippen LogP contribution in [0.4, 0.5) is 5.69 Å². The molecule has 4 rings (SSSR count). The van der Waals surface area contributed by atoms with Gasteiger partial charge in [0, 0.05) is 51.0 Å². The van der Waals surface area contributed by atoms with Crippen molar-refractivity contribution in [1.29, 1.82) is 0 Å². The number of amidine groups is 1. The van der Waals surface area contributed by atoms with E-state index in [1.807, 2.05) is 0 Å². The van der Waals surface area contributed by atoms with Crippen LogP contribution in [0.25, 0.3) is 0 Å². The molecule has 2 fully saturated rings. The summed E-state index contributed by atoms with van der Waals surface area (Å²) in [5.74, 6) is -0.619. The number of rotatable bonds is 6. The van der Waals surface area contributed by atoms with Gasteiger partial charge in [0.15, 0.2) is 5.17 Å². The smallest absolute Gasteiger partial charge is 0.262 e. The van der Waals surface area contributed by atoms with Gasteiger partial charge in [-0.3, -0.25) is 14.4 Å². The zero-order chi connectivity index (χ0) is 22.5. The van der Waals surface area contributed by atoms with Gasteiger partial charge in [-0.1, -0.05) is 17.8 Å². The molecular formula is C23H30N4O4S. The largest absolute Gasteiger partial charge is 0.376 e. The summed E-state index contributed by atoms with van der Waals surface area (Å²) in [4.78, 5) is 45.6. The van der Waals surface area contributed by atoms with Crippen LogP contribution in [0.15, 0.2) is 29.3 Å². The standard InChI is InChI=1S/C23H30N4O4S/c1-26(15-18-9-6-12-31-18)22(30)16-7-5-8-17(13-16)24-20(28)14-19-21(29)25-23(32-19)27-10-3-2-4-11-27/h5,7-8,13,18-19H,2-4,6,9-12,14-15H2,1H3,(H,24,28). The predicted octanol–water partition coefficient (Wildman–Crippen LogP) is 2.75. The molecule has 0 saturated carbocycles. The van der Waals surface area contributed by atoms with E-state index in [-0.39, 0.29) is 30.2 Å². The molecule has 2 atom stereocenters. The maximum absolute atomic E-state index is 12.8. The summed E-state index contributed by atoms with van der Waals surface area (Å²) in [6.45, 7) is 3.14. The van der Waals surface area contributed by atoms with E-state index >= 15 is 0 Å². The Kier molecular flexibility index (Phi) is 7.47. The number of piperidine rings is 1. The topological polar surface area (TPSA) is 91.3 Å². The Morgan fingerprint density at radius 2 is 2.06 bits per heavy atom. The summed E-state index contributed by atoms with van der Waals surface area (Å²) < 4.78 is 5.61. The normalized spacial score (nSPS) is 23.2. The van der Waals surface area contributed by atoms with Gasteiger partial charge in [-0.25, -0.2) is 0 Å². The number of likely N-dealkylation sites (tertiary alicyclic amines) is 1. The summed E-state index contributed by atoms with van der Waals surface area (Å²) in [5.41, 5.74) is 1.05. The quantitative estimate of drug-likeness (QED) is 0.705. The van der Waals surface area contributed by atoms with Crippen LogP contribution in [0.2, 0.25) is 0 Å². The van der Waals surface area contributed by atoms with Gasteiger partial charge in [0.25, 0.3) is 11.8 Å². The lowest BCUT2D eigenvalue weighted by atomic mass is 10.1. The number of nitrogens with one attached hydrogen (secondary N) is 1. The lowest BCUT2D eigenvalue weighted by Crippen LogP contribution is -2.34. The predicted molar refractivity (Wildman–Crippen MR) is 125 cm³/mol. The number of likely N-dealkylation sites (N-methyl/N-ethyl adjacent to an activating group) is 1. The SMILES string of the molecule is CN(CC1CCCO1)C(=O)c1cccc(NC(=O)CC2SC(N3CCCCC3)=NC2=O)c1. The van der Waals surface area contributed by atoms with Crippen LogP contribution in [0.3, 0.4) is 0 Å². The Labute approximate surface area is 192 Å². The van der Waals surface area contributed by atoms with Crippen molar-refractivity contribution in [3.8, 4) is 0 Å². The van der Waals surface area contributed by atoms with Gasteiger partial charge in [0.05, 0.1) is 6.10 Å². The van der Waals surface area contributed by atoms with E-state index < -0.39 is 5.25 Å². The van der Waals surface area contributed by atoms with Gasteiger partial charge in [-0.2, -0.15) is 4.99 Å². The Hall–Kier alpha value is -2.39. The molecule has 172 valence electrons. The number of carbonyl (C=O) groups is 3. The minimum absolute atomic E-state index is 0.0570. The molecule has 2 unspecified atom stereocenters. The molecule has 0 spiro atoms. The third-order valence-corrected chi connectivity index (χ3v) is 7.18. The second-order valence-electron chi connectivity index (χ2n) is 8.54. The number of anilines is 1. The highest BCUT2D eigenvalue weighted by Crippen LogP contribution is 2.29. The summed E-state index contributed by atoms with van der Waals surface area (Å²) in [6, 6.07) is 6.90. The first-order valence-corrected chi connectivity index (χ1v) is 12.2. The molecule has 2 saturated heterocycles. The number of hydrogen-bond acceptors (Lipinski definition) is 6. The number of nitrogens with zero attached hydrogens (tertiary/aromatic N) is 3. The zero-order valence-corrected chi connectivity index (χ0v) is 19.2.